The van der Waals surface area contributed by atoms with Gasteiger partial charge in [-0.3, -0.25) is 4.79 Å². The largest absolute Gasteiger partial charge is 0.358 e. The highest BCUT2D eigenvalue weighted by Crippen LogP contribution is 2.21. The first kappa shape index (κ1) is 17.9. The Morgan fingerprint density at radius 2 is 2.00 bits per heavy atom. The summed E-state index contributed by atoms with van der Waals surface area (Å²) in [6.45, 7) is 5.44. The van der Waals surface area contributed by atoms with Crippen LogP contribution < -0.4 is 5.32 Å². The van der Waals surface area contributed by atoms with E-state index in [-0.39, 0.29) is 12.5 Å². The van der Waals surface area contributed by atoms with Gasteiger partial charge in [-0.2, -0.15) is 10.4 Å². The average molecular weight is 349 g/mol. The number of aromatic nitrogens is 2. The number of hydrogen-bond acceptors (Lipinski definition) is 5. The van der Waals surface area contributed by atoms with Gasteiger partial charge >= 0.3 is 0 Å². The Bertz CT molecular complexity index is 856. The first-order valence-corrected chi connectivity index (χ1v) is 9.04. The lowest BCUT2D eigenvalue weighted by Gasteiger charge is -2.29. The molecule has 0 spiro atoms. The Labute approximate surface area is 153 Å². The van der Waals surface area contributed by atoms with Crippen molar-refractivity contribution in [3.63, 3.8) is 0 Å². The summed E-state index contributed by atoms with van der Waals surface area (Å²) in [4.78, 5) is 14.4. The highest BCUT2D eigenvalue weighted by Gasteiger charge is 2.21. The number of nitriles is 1. The van der Waals surface area contributed by atoms with E-state index in [0.717, 1.165) is 24.1 Å². The zero-order valence-corrected chi connectivity index (χ0v) is 15.2. The van der Waals surface area contributed by atoms with Gasteiger partial charge in [-0.1, -0.05) is 38.1 Å². The Morgan fingerprint density at radius 3 is 2.69 bits per heavy atom. The summed E-state index contributed by atoms with van der Waals surface area (Å²) in [6.07, 6.45) is 2.32. The lowest BCUT2D eigenvalue weighted by molar-refractivity contribution is -0.130. The van der Waals surface area contributed by atoms with Crippen LogP contribution in [0, 0.1) is 11.3 Å². The normalized spacial score (nSPS) is 13.0. The Kier molecular flexibility index (Phi) is 5.47. The van der Waals surface area contributed by atoms with E-state index < -0.39 is 0 Å². The number of rotatable bonds is 5. The minimum absolute atomic E-state index is 0.00260. The van der Waals surface area contributed by atoms with Gasteiger partial charge in [0.15, 0.2) is 5.82 Å². The van der Waals surface area contributed by atoms with Gasteiger partial charge in [0.1, 0.15) is 11.6 Å². The number of fused-ring (bicyclic) bond motifs is 1. The summed E-state index contributed by atoms with van der Waals surface area (Å²) in [5.74, 6) is 0.398. The highest BCUT2D eigenvalue weighted by molar-refractivity contribution is 5.81. The molecule has 0 atom stereocenters. The van der Waals surface area contributed by atoms with Crippen molar-refractivity contribution in [1.29, 1.82) is 5.26 Å². The number of aryl methyl sites for hydroxylation is 1. The summed E-state index contributed by atoms with van der Waals surface area (Å²) >= 11 is 0. The van der Waals surface area contributed by atoms with Gasteiger partial charge < -0.3 is 10.2 Å². The molecular weight excluding hydrogens is 326 g/mol. The van der Waals surface area contributed by atoms with Crippen molar-refractivity contribution < 1.29 is 4.79 Å². The monoisotopic (exact) mass is 349 g/mol. The van der Waals surface area contributed by atoms with E-state index in [1.807, 2.05) is 30.9 Å². The SMILES string of the molecule is CCc1nnc(NCC(=O)N2CCc3ccccc3C2)c(C#N)c1CC. The Hall–Kier alpha value is -2.94. The molecule has 26 heavy (non-hydrogen) atoms. The van der Waals surface area contributed by atoms with Crippen LogP contribution in [0.3, 0.4) is 0 Å². The number of benzene rings is 1. The second-order valence-electron chi connectivity index (χ2n) is 6.36. The fourth-order valence-corrected chi connectivity index (χ4v) is 3.40. The molecule has 2 heterocycles. The molecule has 0 aliphatic carbocycles. The predicted molar refractivity (Wildman–Crippen MR) is 99.6 cm³/mol. The smallest absolute Gasteiger partial charge is 0.242 e. The van der Waals surface area contributed by atoms with Crippen molar-refractivity contribution in [3.8, 4) is 6.07 Å². The molecule has 1 aliphatic rings. The van der Waals surface area contributed by atoms with Gasteiger partial charge in [-0.15, -0.1) is 5.10 Å². The van der Waals surface area contributed by atoms with Gasteiger partial charge in [0.25, 0.3) is 0 Å². The molecule has 3 rings (SSSR count). The first-order chi connectivity index (χ1) is 12.7. The molecule has 1 aromatic heterocycles. The number of amides is 1. The van der Waals surface area contributed by atoms with E-state index in [4.69, 9.17) is 0 Å². The van der Waals surface area contributed by atoms with Crippen molar-refractivity contribution >= 4 is 11.7 Å². The Morgan fingerprint density at radius 1 is 1.23 bits per heavy atom. The zero-order valence-electron chi connectivity index (χ0n) is 15.2. The molecule has 1 aliphatic heterocycles. The maximum Gasteiger partial charge on any atom is 0.242 e. The minimum Gasteiger partial charge on any atom is -0.358 e. The third kappa shape index (κ3) is 3.52. The lowest BCUT2D eigenvalue weighted by atomic mass is 10.00. The van der Waals surface area contributed by atoms with Gasteiger partial charge in [-0.05, 0) is 36.0 Å². The van der Waals surface area contributed by atoms with Crippen LogP contribution in [0.5, 0.6) is 0 Å². The number of nitrogens with one attached hydrogen (secondary N) is 1. The molecule has 6 heteroatoms. The summed E-state index contributed by atoms with van der Waals surface area (Å²) in [5.41, 5.74) is 4.76. The van der Waals surface area contributed by atoms with Crippen LogP contribution in [0.1, 0.15) is 41.8 Å². The molecule has 0 bridgehead atoms. The molecular formula is C20H23N5O. The van der Waals surface area contributed by atoms with Crippen molar-refractivity contribution in [2.45, 2.75) is 39.7 Å². The van der Waals surface area contributed by atoms with Gasteiger partial charge in [0.2, 0.25) is 5.91 Å². The van der Waals surface area contributed by atoms with E-state index in [1.54, 1.807) is 0 Å². The second kappa shape index (κ2) is 7.96. The molecule has 0 fully saturated rings. The van der Waals surface area contributed by atoms with Crippen LogP contribution in [0.2, 0.25) is 0 Å². The molecule has 0 radical (unpaired) electrons. The lowest BCUT2D eigenvalue weighted by Crippen LogP contribution is -2.39. The fourth-order valence-electron chi connectivity index (χ4n) is 3.40. The molecule has 0 saturated carbocycles. The third-order valence-electron chi connectivity index (χ3n) is 4.85. The molecule has 1 aromatic carbocycles. The van der Waals surface area contributed by atoms with E-state index in [2.05, 4.69) is 33.7 Å². The summed E-state index contributed by atoms with van der Waals surface area (Å²) < 4.78 is 0. The number of carbonyl (C=O) groups excluding carboxylic acids is 1. The zero-order chi connectivity index (χ0) is 18.5. The van der Waals surface area contributed by atoms with Crippen LogP contribution >= 0.6 is 0 Å². The number of hydrogen-bond donors (Lipinski definition) is 1. The van der Waals surface area contributed by atoms with Crippen LogP contribution in [0.25, 0.3) is 0 Å². The van der Waals surface area contributed by atoms with E-state index in [0.29, 0.717) is 30.9 Å². The van der Waals surface area contributed by atoms with Crippen LogP contribution in [0.15, 0.2) is 24.3 Å². The van der Waals surface area contributed by atoms with Crippen molar-refractivity contribution in [1.82, 2.24) is 15.1 Å². The molecule has 0 saturated heterocycles. The number of nitrogens with zero attached hydrogens (tertiary/aromatic N) is 4. The average Bonchev–Trinajstić information content (AvgIpc) is 2.70. The molecule has 1 amide bonds. The van der Waals surface area contributed by atoms with E-state index >= 15 is 0 Å². The second-order valence-corrected chi connectivity index (χ2v) is 6.36. The van der Waals surface area contributed by atoms with E-state index in [1.165, 1.54) is 11.1 Å². The van der Waals surface area contributed by atoms with Crippen molar-refractivity contribution in [3.05, 3.63) is 52.2 Å². The fraction of sp³-hybridized carbons (Fsp3) is 0.400. The van der Waals surface area contributed by atoms with Crippen LogP contribution in [-0.2, 0) is 30.6 Å². The maximum absolute atomic E-state index is 12.6. The van der Waals surface area contributed by atoms with Crippen molar-refractivity contribution in [2.24, 2.45) is 0 Å². The quantitative estimate of drug-likeness (QED) is 0.897. The summed E-state index contributed by atoms with van der Waals surface area (Å²) in [5, 5.41) is 20.9. The number of carbonyl (C=O) groups is 1. The van der Waals surface area contributed by atoms with Gasteiger partial charge in [0, 0.05) is 13.1 Å². The summed E-state index contributed by atoms with van der Waals surface area (Å²) in [6, 6.07) is 10.4. The van der Waals surface area contributed by atoms with E-state index in [9.17, 15) is 10.1 Å². The van der Waals surface area contributed by atoms with Gasteiger partial charge in [-0.25, -0.2) is 0 Å². The first-order valence-electron chi connectivity index (χ1n) is 9.04. The molecule has 134 valence electrons. The van der Waals surface area contributed by atoms with Gasteiger partial charge in [0.05, 0.1) is 12.2 Å². The maximum atomic E-state index is 12.6. The standard InChI is InChI=1S/C20H23N5O/c1-3-16-17(11-21)20(24-23-18(16)4-2)22-12-19(26)25-10-9-14-7-5-6-8-15(14)13-25/h5-8H,3-4,9-10,12-13H2,1-2H3,(H,22,24). The third-order valence-corrected chi connectivity index (χ3v) is 4.85. The Balaban J connectivity index is 1.70. The van der Waals surface area contributed by atoms with Crippen molar-refractivity contribution in [2.75, 3.05) is 18.4 Å². The highest BCUT2D eigenvalue weighted by atomic mass is 16.2. The van der Waals surface area contributed by atoms with Crippen LogP contribution in [-0.4, -0.2) is 34.1 Å². The molecule has 1 N–H and O–H groups in total. The molecule has 0 unspecified atom stereocenters. The van der Waals surface area contributed by atoms with Crippen LogP contribution in [0.4, 0.5) is 5.82 Å². The molecule has 2 aromatic rings. The minimum atomic E-state index is 0.00260. The topological polar surface area (TPSA) is 81.9 Å². The predicted octanol–water partition coefficient (Wildman–Crippen LogP) is 2.47. The summed E-state index contributed by atoms with van der Waals surface area (Å²) in [7, 11) is 0. The number of anilines is 1. The molecule has 6 nitrogen and oxygen atoms in total.